The molecule has 11 nitrogen and oxygen atoms in total. The molecule has 3 atom stereocenters. The zero-order chi connectivity index (χ0) is 20.4. The fourth-order valence-electron chi connectivity index (χ4n) is 2.19. The monoisotopic (exact) mass is 375 g/mol. The average molecular weight is 375 g/mol. The number of amides is 1. The summed E-state index contributed by atoms with van der Waals surface area (Å²) in [5, 5.41) is 37.4. The number of nitrogens with one attached hydrogen (secondary N) is 1. The Balaban J connectivity index is 5.22. The minimum absolute atomic E-state index is 0.128. The molecule has 0 aromatic rings. The first-order valence-corrected chi connectivity index (χ1v) is 7.69. The van der Waals surface area contributed by atoms with Gasteiger partial charge in [0, 0.05) is 12.3 Å². The molecule has 0 aromatic heterocycles. The highest BCUT2D eigenvalue weighted by Gasteiger charge is 2.31. The van der Waals surface area contributed by atoms with Crippen LogP contribution in [-0.4, -0.2) is 62.0 Å². The van der Waals surface area contributed by atoms with Gasteiger partial charge in [0.25, 0.3) is 0 Å². The maximum Gasteiger partial charge on any atom is 0.307 e. The van der Waals surface area contributed by atoms with Crippen LogP contribution in [0.5, 0.6) is 0 Å². The van der Waals surface area contributed by atoms with Crippen molar-refractivity contribution < 1.29 is 49.2 Å². The Hall–Kier alpha value is -2.98. The third-order valence-electron chi connectivity index (χ3n) is 3.59. The molecule has 0 spiro atoms. The van der Waals surface area contributed by atoms with E-state index in [-0.39, 0.29) is 6.42 Å². The molecule has 5 N–H and O–H groups in total. The van der Waals surface area contributed by atoms with E-state index >= 15 is 0 Å². The van der Waals surface area contributed by atoms with Crippen LogP contribution in [0.2, 0.25) is 0 Å². The van der Waals surface area contributed by atoms with Crippen molar-refractivity contribution in [1.82, 2.24) is 5.32 Å². The van der Waals surface area contributed by atoms with Crippen molar-refractivity contribution in [3.63, 3.8) is 0 Å². The van der Waals surface area contributed by atoms with Crippen LogP contribution in [0.4, 0.5) is 0 Å². The summed E-state index contributed by atoms with van der Waals surface area (Å²) in [6.07, 6.45) is -2.86. The minimum Gasteiger partial charge on any atom is -0.481 e. The number of ketones is 1. The number of hydrogen-bond donors (Lipinski definition) is 5. The van der Waals surface area contributed by atoms with Crippen LogP contribution in [0.25, 0.3) is 0 Å². The second kappa shape index (κ2) is 10.8. The third-order valence-corrected chi connectivity index (χ3v) is 3.59. The zero-order valence-corrected chi connectivity index (χ0v) is 14.0. The number of hydrogen-bond acceptors (Lipinski definition) is 6. The average Bonchev–Trinajstić information content (AvgIpc) is 2.49. The Morgan fingerprint density at radius 3 is 1.58 bits per heavy atom. The highest BCUT2D eigenvalue weighted by Crippen LogP contribution is 2.14. The molecule has 0 unspecified atom stereocenters. The van der Waals surface area contributed by atoms with Gasteiger partial charge in [-0.2, -0.15) is 0 Å². The van der Waals surface area contributed by atoms with Gasteiger partial charge < -0.3 is 25.7 Å². The molecule has 0 aliphatic carbocycles. The predicted octanol–water partition coefficient (Wildman–Crippen LogP) is -0.418. The summed E-state index contributed by atoms with van der Waals surface area (Å²) in [5.41, 5.74) is 0. The van der Waals surface area contributed by atoms with Crippen molar-refractivity contribution in [3.8, 4) is 0 Å². The van der Waals surface area contributed by atoms with Gasteiger partial charge in [0.1, 0.15) is 0 Å². The summed E-state index contributed by atoms with van der Waals surface area (Å²) >= 11 is 0. The van der Waals surface area contributed by atoms with Gasteiger partial charge >= 0.3 is 23.9 Å². The lowest BCUT2D eigenvalue weighted by molar-refractivity contribution is -0.150. The maximum absolute atomic E-state index is 12.2. The molecule has 0 fully saturated rings. The summed E-state index contributed by atoms with van der Waals surface area (Å²) in [7, 11) is 0. The minimum atomic E-state index is -1.58. The van der Waals surface area contributed by atoms with Gasteiger partial charge in [-0.3, -0.25) is 28.8 Å². The normalized spacial score (nSPS) is 13.9. The molecule has 0 rings (SSSR count). The van der Waals surface area contributed by atoms with Gasteiger partial charge in [-0.1, -0.05) is 6.92 Å². The first-order chi connectivity index (χ1) is 12.0. The fraction of sp³-hybridized carbons (Fsp3) is 0.600. The van der Waals surface area contributed by atoms with Crippen LogP contribution in [0.1, 0.15) is 39.0 Å². The number of carbonyl (C=O) groups excluding carboxylic acids is 2. The second-order valence-electron chi connectivity index (χ2n) is 5.67. The van der Waals surface area contributed by atoms with Crippen molar-refractivity contribution in [1.29, 1.82) is 0 Å². The number of carbonyl (C=O) groups is 6. The Labute approximate surface area is 148 Å². The summed E-state index contributed by atoms with van der Waals surface area (Å²) < 4.78 is 0. The number of rotatable bonds is 13. The molecule has 0 saturated carbocycles. The van der Waals surface area contributed by atoms with E-state index in [9.17, 15) is 28.8 Å². The van der Waals surface area contributed by atoms with Gasteiger partial charge in [-0.05, 0) is 6.42 Å². The molecule has 0 aromatic carbocycles. The zero-order valence-electron chi connectivity index (χ0n) is 14.0. The van der Waals surface area contributed by atoms with E-state index in [4.69, 9.17) is 20.4 Å². The molecule has 0 saturated heterocycles. The van der Waals surface area contributed by atoms with E-state index in [1.54, 1.807) is 0 Å². The Morgan fingerprint density at radius 1 is 0.731 bits per heavy atom. The largest absolute Gasteiger partial charge is 0.481 e. The highest BCUT2D eigenvalue weighted by molar-refractivity contribution is 5.95. The van der Waals surface area contributed by atoms with Crippen LogP contribution < -0.4 is 5.32 Å². The molecule has 0 heterocycles. The fourth-order valence-corrected chi connectivity index (χ4v) is 2.19. The number of carboxylic acid groups (broad SMARTS) is 4. The molecule has 146 valence electrons. The Kier molecular flexibility index (Phi) is 9.56. The third kappa shape index (κ3) is 8.76. The molecule has 26 heavy (non-hydrogen) atoms. The SMILES string of the molecule is CC[C@@H](CC(=O)O)C(=O)N[C@@H](CC(=O)O)C(=O)C[C@@H](CC(=O)O)C(=O)O. The standard InChI is InChI=1S/C15H21NO10/c1-2-7(4-11(18)19)14(24)16-9(6-13(22)23)10(17)3-8(15(25)26)5-12(20)21/h7-9H,2-6H2,1H3,(H,16,24)(H,18,19)(H,20,21)(H,22,23)(H,25,26)/t7-,8-,9-/m0/s1. The Bertz CT molecular complexity index is 585. The number of Topliss-reactive ketones (excluding diaryl/α,β-unsaturated/α-hetero) is 1. The van der Waals surface area contributed by atoms with Crippen molar-refractivity contribution in [2.24, 2.45) is 11.8 Å². The first-order valence-electron chi connectivity index (χ1n) is 7.69. The maximum atomic E-state index is 12.2. The van der Waals surface area contributed by atoms with Gasteiger partial charge in [0.15, 0.2) is 5.78 Å². The van der Waals surface area contributed by atoms with E-state index < -0.39 is 79.1 Å². The van der Waals surface area contributed by atoms with Crippen LogP contribution in [0.3, 0.4) is 0 Å². The number of carboxylic acids is 4. The lowest BCUT2D eigenvalue weighted by Crippen LogP contribution is -2.46. The van der Waals surface area contributed by atoms with Crippen molar-refractivity contribution in [3.05, 3.63) is 0 Å². The predicted molar refractivity (Wildman–Crippen MR) is 83.2 cm³/mol. The smallest absolute Gasteiger partial charge is 0.307 e. The molecular formula is C15H21NO10. The van der Waals surface area contributed by atoms with E-state index in [0.717, 1.165) is 0 Å². The van der Waals surface area contributed by atoms with E-state index in [1.165, 1.54) is 6.92 Å². The van der Waals surface area contributed by atoms with Crippen LogP contribution in [0, 0.1) is 11.8 Å². The van der Waals surface area contributed by atoms with Crippen molar-refractivity contribution >= 4 is 35.6 Å². The van der Waals surface area contributed by atoms with Gasteiger partial charge in [-0.15, -0.1) is 0 Å². The van der Waals surface area contributed by atoms with E-state index in [0.29, 0.717) is 0 Å². The first kappa shape index (κ1) is 23.0. The second-order valence-corrected chi connectivity index (χ2v) is 5.67. The van der Waals surface area contributed by atoms with Gasteiger partial charge in [0.05, 0.1) is 31.2 Å². The van der Waals surface area contributed by atoms with E-state index in [1.807, 2.05) is 0 Å². The number of aliphatic carboxylic acids is 4. The molecule has 0 radical (unpaired) electrons. The van der Waals surface area contributed by atoms with Crippen LogP contribution >= 0.6 is 0 Å². The highest BCUT2D eigenvalue weighted by atomic mass is 16.4. The lowest BCUT2D eigenvalue weighted by atomic mass is 9.93. The topological polar surface area (TPSA) is 195 Å². The summed E-state index contributed by atoms with van der Waals surface area (Å²) in [6, 6.07) is -1.58. The quantitative estimate of drug-likeness (QED) is 0.282. The molecule has 11 heteroatoms. The van der Waals surface area contributed by atoms with Crippen LogP contribution in [0.15, 0.2) is 0 Å². The molecule has 0 aliphatic rings. The van der Waals surface area contributed by atoms with Crippen molar-refractivity contribution in [2.75, 3.05) is 0 Å². The molecule has 0 aliphatic heterocycles. The van der Waals surface area contributed by atoms with Crippen LogP contribution in [-0.2, 0) is 28.8 Å². The van der Waals surface area contributed by atoms with Crippen molar-refractivity contribution in [2.45, 2.75) is 45.1 Å². The van der Waals surface area contributed by atoms with Gasteiger partial charge in [-0.25, -0.2) is 0 Å². The molecule has 1 amide bonds. The molecular weight excluding hydrogens is 354 g/mol. The van der Waals surface area contributed by atoms with E-state index in [2.05, 4.69) is 5.32 Å². The Morgan fingerprint density at radius 2 is 1.19 bits per heavy atom. The van der Waals surface area contributed by atoms with Gasteiger partial charge in [0.2, 0.25) is 5.91 Å². The summed E-state index contributed by atoms with van der Waals surface area (Å²) in [5.74, 6) is -10.1. The molecule has 0 bridgehead atoms. The summed E-state index contributed by atoms with van der Waals surface area (Å²) in [6.45, 7) is 1.54. The summed E-state index contributed by atoms with van der Waals surface area (Å²) in [4.78, 5) is 67.6. The lowest BCUT2D eigenvalue weighted by Gasteiger charge is -2.20.